The summed E-state index contributed by atoms with van der Waals surface area (Å²) in [4.78, 5) is 0. The van der Waals surface area contributed by atoms with Gasteiger partial charge in [-0.25, -0.2) is 0 Å². The molecule has 0 atom stereocenters. The average molecular weight is 270 g/mol. The first-order chi connectivity index (χ1) is 9.83. The van der Waals surface area contributed by atoms with Crippen molar-refractivity contribution in [3.8, 4) is 11.1 Å². The van der Waals surface area contributed by atoms with Gasteiger partial charge < -0.3 is 0 Å². The van der Waals surface area contributed by atoms with Crippen LogP contribution in [0.5, 0.6) is 0 Å². The van der Waals surface area contributed by atoms with Crippen molar-refractivity contribution in [2.75, 3.05) is 0 Å². The summed E-state index contributed by atoms with van der Waals surface area (Å²) >= 11 is 1.86. The molecule has 0 aliphatic heterocycles. The molecule has 2 radical (unpaired) electrons. The van der Waals surface area contributed by atoms with Crippen molar-refractivity contribution in [3.63, 3.8) is 0 Å². The predicted molar refractivity (Wildman–Crippen MR) is 90.2 cm³/mol. The van der Waals surface area contributed by atoms with E-state index in [0.717, 1.165) is 5.46 Å². The molecule has 1 heterocycles. The van der Waals surface area contributed by atoms with Gasteiger partial charge in [-0.3, -0.25) is 0 Å². The van der Waals surface area contributed by atoms with Gasteiger partial charge in [0, 0.05) is 20.2 Å². The Kier molecular flexibility index (Phi) is 2.64. The highest BCUT2D eigenvalue weighted by molar-refractivity contribution is 7.26. The van der Waals surface area contributed by atoms with Gasteiger partial charge in [0.2, 0.25) is 0 Å². The Balaban J connectivity index is 2.07. The molecule has 2 heteroatoms. The SMILES string of the molecule is [B]c1ccc(-c2cccc3c2sc2ccccc23)cc1. The third-order valence-electron chi connectivity index (χ3n) is 3.63. The summed E-state index contributed by atoms with van der Waals surface area (Å²) in [6.45, 7) is 0. The lowest BCUT2D eigenvalue weighted by Gasteiger charge is -2.04. The van der Waals surface area contributed by atoms with E-state index in [1.165, 1.54) is 31.3 Å². The molecule has 4 rings (SSSR count). The zero-order valence-corrected chi connectivity index (χ0v) is 11.7. The second-order valence-corrected chi connectivity index (χ2v) is 5.95. The van der Waals surface area contributed by atoms with Gasteiger partial charge in [0.25, 0.3) is 0 Å². The summed E-state index contributed by atoms with van der Waals surface area (Å²) in [6.07, 6.45) is 0. The Bertz CT molecular complexity index is 904. The highest BCUT2D eigenvalue weighted by atomic mass is 32.1. The lowest BCUT2D eigenvalue weighted by molar-refractivity contribution is 1.71. The van der Waals surface area contributed by atoms with Gasteiger partial charge in [0.1, 0.15) is 7.85 Å². The Labute approximate surface area is 123 Å². The molecule has 0 spiro atoms. The van der Waals surface area contributed by atoms with Crippen LogP contribution < -0.4 is 5.46 Å². The second-order valence-electron chi connectivity index (χ2n) is 4.90. The van der Waals surface area contributed by atoms with Gasteiger partial charge in [-0.05, 0) is 17.2 Å². The van der Waals surface area contributed by atoms with Gasteiger partial charge in [-0.15, -0.1) is 11.3 Å². The normalized spacial score (nSPS) is 11.2. The van der Waals surface area contributed by atoms with Crippen molar-refractivity contribution in [2.45, 2.75) is 0 Å². The molecular formula is C18H11BS. The molecule has 0 saturated carbocycles. The average Bonchev–Trinajstić information content (AvgIpc) is 2.87. The maximum absolute atomic E-state index is 5.78. The van der Waals surface area contributed by atoms with Gasteiger partial charge in [-0.1, -0.05) is 66.1 Å². The van der Waals surface area contributed by atoms with E-state index in [-0.39, 0.29) is 0 Å². The Morgan fingerprint density at radius 1 is 0.700 bits per heavy atom. The highest BCUT2D eigenvalue weighted by Crippen LogP contribution is 2.39. The monoisotopic (exact) mass is 270 g/mol. The molecule has 1 aromatic heterocycles. The molecule has 0 N–H and O–H groups in total. The fraction of sp³-hybridized carbons (Fsp3) is 0. The third-order valence-corrected chi connectivity index (χ3v) is 4.85. The predicted octanol–water partition coefficient (Wildman–Crippen LogP) is 4.52. The molecule has 3 aromatic carbocycles. The molecule has 0 aliphatic rings. The van der Waals surface area contributed by atoms with Crippen molar-refractivity contribution in [1.82, 2.24) is 0 Å². The molecule has 0 fully saturated rings. The van der Waals surface area contributed by atoms with E-state index in [1.54, 1.807) is 0 Å². The summed E-state index contributed by atoms with van der Waals surface area (Å²) in [6, 6.07) is 23.2. The standard InChI is InChI=1S/C18H11BS/c19-13-10-8-12(9-11-13)14-5-3-6-16-15-4-1-2-7-17(15)20-18(14)16/h1-11H. The quantitative estimate of drug-likeness (QED) is 0.446. The van der Waals surface area contributed by atoms with E-state index in [9.17, 15) is 0 Å². The molecule has 0 bridgehead atoms. The smallest absolute Gasteiger partial charge is 0.113 e. The Morgan fingerprint density at radius 3 is 2.30 bits per heavy atom. The molecule has 0 amide bonds. The van der Waals surface area contributed by atoms with Crippen LogP contribution in [0.4, 0.5) is 0 Å². The van der Waals surface area contributed by atoms with Crippen LogP contribution in [0.15, 0.2) is 66.7 Å². The van der Waals surface area contributed by atoms with E-state index in [1.807, 2.05) is 23.5 Å². The van der Waals surface area contributed by atoms with Gasteiger partial charge in [0.15, 0.2) is 0 Å². The van der Waals surface area contributed by atoms with Crippen LogP contribution in [-0.2, 0) is 0 Å². The van der Waals surface area contributed by atoms with Crippen LogP contribution in [0.1, 0.15) is 0 Å². The van der Waals surface area contributed by atoms with Crippen molar-refractivity contribution in [2.24, 2.45) is 0 Å². The van der Waals surface area contributed by atoms with Crippen molar-refractivity contribution in [3.05, 3.63) is 66.7 Å². The first-order valence-electron chi connectivity index (χ1n) is 6.59. The van der Waals surface area contributed by atoms with E-state index >= 15 is 0 Å². The summed E-state index contributed by atoms with van der Waals surface area (Å²) in [5.74, 6) is 0. The zero-order valence-electron chi connectivity index (χ0n) is 10.8. The third kappa shape index (κ3) is 1.76. The minimum atomic E-state index is 0.803. The number of thiophene rings is 1. The summed E-state index contributed by atoms with van der Waals surface area (Å²) in [7, 11) is 5.78. The van der Waals surface area contributed by atoms with Gasteiger partial charge in [-0.2, -0.15) is 0 Å². The minimum Gasteiger partial charge on any atom is -0.135 e. The molecule has 0 aliphatic carbocycles. The second kappa shape index (κ2) is 4.50. The van der Waals surface area contributed by atoms with Crippen molar-refractivity contribution < 1.29 is 0 Å². The fourth-order valence-electron chi connectivity index (χ4n) is 2.64. The maximum atomic E-state index is 5.78. The molecule has 92 valence electrons. The fourth-order valence-corrected chi connectivity index (χ4v) is 3.88. The Hall–Kier alpha value is -2.06. The number of rotatable bonds is 1. The molecule has 20 heavy (non-hydrogen) atoms. The summed E-state index contributed by atoms with van der Waals surface area (Å²) in [5, 5.41) is 2.67. The molecule has 0 unspecified atom stereocenters. The molecular weight excluding hydrogens is 259 g/mol. The molecule has 4 aromatic rings. The molecule has 0 nitrogen and oxygen atoms in total. The van der Waals surface area contributed by atoms with E-state index in [2.05, 4.69) is 54.6 Å². The van der Waals surface area contributed by atoms with Crippen molar-refractivity contribution >= 4 is 44.8 Å². The van der Waals surface area contributed by atoms with Gasteiger partial charge in [0.05, 0.1) is 0 Å². The number of hydrogen-bond donors (Lipinski definition) is 0. The van der Waals surface area contributed by atoms with Crippen LogP contribution in [-0.4, -0.2) is 7.85 Å². The summed E-state index contributed by atoms with van der Waals surface area (Å²) in [5.41, 5.74) is 3.30. The number of fused-ring (bicyclic) bond motifs is 3. The van der Waals surface area contributed by atoms with Crippen LogP contribution in [0.25, 0.3) is 31.3 Å². The lowest BCUT2D eigenvalue weighted by Crippen LogP contribution is -1.99. The minimum absolute atomic E-state index is 0.803. The first kappa shape index (κ1) is 11.7. The first-order valence-corrected chi connectivity index (χ1v) is 7.41. The van der Waals surface area contributed by atoms with Crippen LogP contribution in [0.2, 0.25) is 0 Å². The largest absolute Gasteiger partial charge is 0.135 e. The Morgan fingerprint density at radius 2 is 1.45 bits per heavy atom. The van der Waals surface area contributed by atoms with E-state index in [4.69, 9.17) is 7.85 Å². The van der Waals surface area contributed by atoms with Crippen LogP contribution in [0.3, 0.4) is 0 Å². The summed E-state index contributed by atoms with van der Waals surface area (Å²) < 4.78 is 2.68. The zero-order chi connectivity index (χ0) is 13.5. The topological polar surface area (TPSA) is 0 Å². The van der Waals surface area contributed by atoms with Gasteiger partial charge >= 0.3 is 0 Å². The van der Waals surface area contributed by atoms with E-state index in [0.29, 0.717) is 0 Å². The number of hydrogen-bond acceptors (Lipinski definition) is 1. The van der Waals surface area contributed by atoms with Crippen molar-refractivity contribution in [1.29, 1.82) is 0 Å². The molecule has 0 saturated heterocycles. The van der Waals surface area contributed by atoms with Crippen LogP contribution in [0, 0.1) is 0 Å². The lowest BCUT2D eigenvalue weighted by atomic mass is 9.93. The highest BCUT2D eigenvalue weighted by Gasteiger charge is 2.09. The maximum Gasteiger partial charge on any atom is 0.113 e. The van der Waals surface area contributed by atoms with Crippen LogP contribution >= 0.6 is 11.3 Å². The van der Waals surface area contributed by atoms with E-state index < -0.39 is 0 Å². The number of benzene rings is 3.